The highest BCUT2D eigenvalue weighted by molar-refractivity contribution is 6.35. The number of aliphatic carboxylic acids is 1. The van der Waals surface area contributed by atoms with Gasteiger partial charge in [0.2, 0.25) is 0 Å². The van der Waals surface area contributed by atoms with E-state index in [4.69, 9.17) is 16.3 Å². The number of nitrogens with zero attached hydrogens (tertiary/aromatic N) is 1. The number of likely N-dealkylation sites (N-methyl/N-ethyl adjacent to an activating group) is 1. The molecule has 0 heterocycles. The van der Waals surface area contributed by atoms with E-state index in [2.05, 4.69) is 10.6 Å². The van der Waals surface area contributed by atoms with Gasteiger partial charge in [-0.05, 0) is 63.1 Å². The normalized spacial score (nSPS) is 12.1. The average molecular weight is 578 g/mol. The number of amides is 2. The summed E-state index contributed by atoms with van der Waals surface area (Å²) in [5.74, 6) is -1.28. The molecule has 0 spiro atoms. The van der Waals surface area contributed by atoms with E-state index < -0.39 is 23.6 Å². The molecule has 0 saturated carbocycles. The molecule has 3 aromatic rings. The fourth-order valence-electron chi connectivity index (χ4n) is 3.94. The second-order valence-electron chi connectivity index (χ2n) is 10.5. The number of hydrogen-bond donors (Lipinski definition) is 3. The lowest BCUT2D eigenvalue weighted by Crippen LogP contribution is -2.50. The van der Waals surface area contributed by atoms with Crippen molar-refractivity contribution in [2.75, 3.05) is 25.5 Å². The van der Waals surface area contributed by atoms with Gasteiger partial charge in [0.15, 0.2) is 11.8 Å². The van der Waals surface area contributed by atoms with Crippen LogP contribution in [0.25, 0.3) is 6.08 Å². The average Bonchev–Trinajstić information content (AvgIpc) is 2.91. The number of hydrogen-bond acceptors (Lipinski definition) is 5. The van der Waals surface area contributed by atoms with E-state index in [9.17, 15) is 19.5 Å². The highest BCUT2D eigenvalue weighted by Gasteiger charge is 2.28. The zero-order valence-electron chi connectivity index (χ0n) is 23.9. The first-order chi connectivity index (χ1) is 19.4. The number of halogens is 1. The van der Waals surface area contributed by atoms with E-state index in [1.54, 1.807) is 30.3 Å². The summed E-state index contributed by atoms with van der Waals surface area (Å²) in [5.41, 5.74) is 3.76. The van der Waals surface area contributed by atoms with E-state index in [0.29, 0.717) is 21.8 Å². The third kappa shape index (κ3) is 8.93. The summed E-state index contributed by atoms with van der Waals surface area (Å²) in [6.07, 6.45) is 3.61. The number of anilines is 2. The minimum atomic E-state index is -1.14. The van der Waals surface area contributed by atoms with Crippen LogP contribution in [0.3, 0.4) is 0 Å². The Labute approximate surface area is 246 Å². The number of para-hydroxylation sites is 1. The first kappa shape index (κ1) is 31.4. The zero-order chi connectivity index (χ0) is 30.2. The molecule has 9 heteroatoms. The van der Waals surface area contributed by atoms with Gasteiger partial charge in [0.05, 0.1) is 17.2 Å². The number of carboxylic acids is 1. The van der Waals surface area contributed by atoms with Crippen LogP contribution in [-0.4, -0.2) is 59.6 Å². The van der Waals surface area contributed by atoms with Crippen molar-refractivity contribution in [2.24, 2.45) is 0 Å². The molecule has 0 aliphatic carbocycles. The number of urea groups is 1. The smallest absolute Gasteiger partial charge is 0.328 e. The van der Waals surface area contributed by atoms with Gasteiger partial charge in [-0.1, -0.05) is 66.2 Å². The van der Waals surface area contributed by atoms with Crippen molar-refractivity contribution < 1.29 is 24.2 Å². The van der Waals surface area contributed by atoms with E-state index in [1.807, 2.05) is 76.2 Å². The summed E-state index contributed by atoms with van der Waals surface area (Å²) >= 11 is 6.51. The van der Waals surface area contributed by atoms with Gasteiger partial charge < -0.3 is 25.4 Å². The predicted molar refractivity (Wildman–Crippen MR) is 163 cm³/mol. The zero-order valence-corrected chi connectivity index (χ0v) is 24.7. The molecule has 0 aliphatic heterocycles. The molecule has 0 saturated heterocycles. The molecule has 0 fully saturated rings. The number of aryl methyl sites for hydroxylation is 1. The van der Waals surface area contributed by atoms with Crippen molar-refractivity contribution in [1.82, 2.24) is 10.2 Å². The minimum Gasteiger partial charge on any atom is -0.480 e. The van der Waals surface area contributed by atoms with Crippen LogP contribution in [0.5, 0.6) is 0 Å². The van der Waals surface area contributed by atoms with Crippen molar-refractivity contribution in [1.29, 1.82) is 0 Å². The van der Waals surface area contributed by atoms with E-state index >= 15 is 0 Å². The Balaban J connectivity index is 1.64. The molecule has 2 amide bonds. The van der Waals surface area contributed by atoms with Gasteiger partial charge in [0.25, 0.3) is 0 Å². The quantitative estimate of drug-likeness (QED) is 0.223. The second kappa shape index (κ2) is 14.0. The van der Waals surface area contributed by atoms with Crippen LogP contribution in [0.1, 0.15) is 47.8 Å². The summed E-state index contributed by atoms with van der Waals surface area (Å²) in [6, 6.07) is 18.6. The lowest BCUT2D eigenvalue weighted by atomic mass is 9.99. The van der Waals surface area contributed by atoms with Gasteiger partial charge in [-0.15, -0.1) is 0 Å². The number of benzene rings is 3. The number of ether oxygens (including phenoxy) is 1. The molecule has 1 unspecified atom stereocenters. The molecule has 41 heavy (non-hydrogen) atoms. The summed E-state index contributed by atoms with van der Waals surface area (Å²) < 4.78 is 5.57. The predicted octanol–water partition coefficient (Wildman–Crippen LogP) is 6.55. The minimum absolute atomic E-state index is 0.122. The number of carbonyl (C=O) groups is 3. The molecule has 3 rings (SSSR count). The monoisotopic (exact) mass is 577 g/mol. The molecule has 3 N–H and O–H groups in total. The van der Waals surface area contributed by atoms with Gasteiger partial charge >= 0.3 is 12.0 Å². The lowest BCUT2D eigenvalue weighted by molar-refractivity contribution is -0.146. The van der Waals surface area contributed by atoms with Gasteiger partial charge in [0, 0.05) is 36.1 Å². The number of nitrogens with one attached hydrogen (secondary N) is 2. The molecule has 0 radical (unpaired) electrons. The van der Waals surface area contributed by atoms with Gasteiger partial charge in [-0.25, -0.2) is 9.59 Å². The largest absolute Gasteiger partial charge is 0.480 e. The topological polar surface area (TPSA) is 108 Å². The first-order valence-electron chi connectivity index (χ1n) is 13.2. The number of ketones is 1. The molecule has 0 aromatic heterocycles. The van der Waals surface area contributed by atoms with Crippen LogP contribution in [0, 0.1) is 6.92 Å². The summed E-state index contributed by atoms with van der Waals surface area (Å²) in [6.45, 7) is 7.41. The third-order valence-electron chi connectivity index (χ3n) is 6.26. The highest BCUT2D eigenvalue weighted by Crippen LogP contribution is 2.28. The Morgan fingerprint density at radius 1 is 1.02 bits per heavy atom. The van der Waals surface area contributed by atoms with Crippen LogP contribution >= 0.6 is 11.6 Å². The molecule has 216 valence electrons. The first-order valence-corrected chi connectivity index (χ1v) is 13.5. The highest BCUT2D eigenvalue weighted by atomic mass is 35.5. The Morgan fingerprint density at radius 2 is 1.71 bits per heavy atom. The van der Waals surface area contributed by atoms with Gasteiger partial charge in [0.1, 0.15) is 0 Å². The number of carbonyl (C=O) groups excluding carboxylic acids is 2. The van der Waals surface area contributed by atoms with E-state index in [1.165, 1.54) is 7.05 Å². The third-order valence-corrected chi connectivity index (χ3v) is 6.57. The Bertz CT molecular complexity index is 1430. The maximum Gasteiger partial charge on any atom is 0.328 e. The fourth-order valence-corrected chi connectivity index (χ4v) is 4.20. The Hall–Kier alpha value is -4.14. The molecule has 1 atom stereocenters. The van der Waals surface area contributed by atoms with Crippen LogP contribution in [-0.2, 0) is 9.53 Å². The molecule has 0 bridgehead atoms. The van der Waals surface area contributed by atoms with Crippen LogP contribution in [0.2, 0.25) is 5.02 Å². The van der Waals surface area contributed by atoms with Crippen LogP contribution < -0.4 is 10.6 Å². The molecular weight excluding hydrogens is 542 g/mol. The maximum atomic E-state index is 13.0. The van der Waals surface area contributed by atoms with Crippen LogP contribution in [0.4, 0.5) is 16.2 Å². The molecule has 8 nitrogen and oxygen atoms in total. The molecule has 3 aromatic carbocycles. The van der Waals surface area contributed by atoms with Crippen molar-refractivity contribution >= 4 is 46.8 Å². The van der Waals surface area contributed by atoms with Crippen molar-refractivity contribution in [2.45, 2.75) is 39.3 Å². The summed E-state index contributed by atoms with van der Waals surface area (Å²) in [4.78, 5) is 38.4. The molecular formula is C32H36ClN3O5. The molecule has 0 aliphatic rings. The van der Waals surface area contributed by atoms with Crippen molar-refractivity contribution in [3.05, 3.63) is 100 Å². The van der Waals surface area contributed by atoms with Gasteiger partial charge in [-0.2, -0.15) is 0 Å². The summed E-state index contributed by atoms with van der Waals surface area (Å²) in [7, 11) is 1.42. The van der Waals surface area contributed by atoms with E-state index in [-0.39, 0.29) is 18.9 Å². The summed E-state index contributed by atoms with van der Waals surface area (Å²) in [5, 5.41) is 15.9. The lowest BCUT2D eigenvalue weighted by Gasteiger charge is -2.28. The van der Waals surface area contributed by atoms with Gasteiger partial charge in [-0.3, -0.25) is 4.79 Å². The van der Waals surface area contributed by atoms with Crippen LogP contribution in [0.15, 0.2) is 72.8 Å². The standard InChI is InChI=1S/C32H36ClN3O5/c1-21-11-6-8-14-24(21)29(37)25-17-16-23(19-26(25)33)35-27-15-9-7-12-22(27)13-10-18-34-31(40)36(5)28(30(38)39)20-41-32(2,3)4/h6-17,19,28,35H,18,20H2,1-5H3,(H,34,40)(H,38,39). The SMILES string of the molecule is Cc1ccccc1C(=O)c1ccc(Nc2ccccc2C=CCNC(=O)N(C)C(COC(C)(C)C)C(=O)O)cc1Cl. The van der Waals surface area contributed by atoms with E-state index in [0.717, 1.165) is 21.7 Å². The van der Waals surface area contributed by atoms with Crippen molar-refractivity contribution in [3.8, 4) is 0 Å². The second-order valence-corrected chi connectivity index (χ2v) is 10.9. The number of rotatable bonds is 11. The number of carboxylic acid groups (broad SMARTS) is 1. The van der Waals surface area contributed by atoms with Crippen molar-refractivity contribution in [3.63, 3.8) is 0 Å². The Morgan fingerprint density at radius 3 is 2.37 bits per heavy atom. The fraction of sp³-hybridized carbons (Fsp3) is 0.281. The maximum absolute atomic E-state index is 13.0. The Kier molecular flexibility index (Phi) is 10.7.